The molecule has 1 heterocycles. The Hall–Kier alpha value is -3.55. The van der Waals surface area contributed by atoms with E-state index in [1.165, 1.54) is 14.0 Å². The molecule has 1 fully saturated rings. The first-order valence-corrected chi connectivity index (χ1v) is 9.12. The summed E-state index contributed by atoms with van der Waals surface area (Å²) >= 11 is 0. The van der Waals surface area contributed by atoms with Crippen LogP contribution in [0.2, 0.25) is 0 Å². The number of benzene rings is 2. The van der Waals surface area contributed by atoms with E-state index in [1.54, 1.807) is 48.4 Å². The highest BCUT2D eigenvalue weighted by molar-refractivity contribution is 6.04. The van der Waals surface area contributed by atoms with Crippen LogP contribution in [0, 0.1) is 5.92 Å². The zero-order valence-electron chi connectivity index (χ0n) is 16.5. The Morgan fingerprint density at radius 2 is 1.86 bits per heavy atom. The molecule has 0 saturated carbocycles. The Labute approximate surface area is 168 Å². The van der Waals surface area contributed by atoms with Gasteiger partial charge in [-0.05, 0) is 30.3 Å². The van der Waals surface area contributed by atoms with Gasteiger partial charge in [-0.2, -0.15) is 0 Å². The van der Waals surface area contributed by atoms with E-state index in [2.05, 4.69) is 10.6 Å². The normalized spacial score (nSPS) is 15.8. The first kappa shape index (κ1) is 20.2. The van der Waals surface area contributed by atoms with Crippen LogP contribution in [-0.2, 0) is 14.4 Å². The molecule has 1 aliphatic rings. The van der Waals surface area contributed by atoms with Crippen LogP contribution in [0.3, 0.4) is 0 Å². The molecule has 8 nitrogen and oxygen atoms in total. The van der Waals surface area contributed by atoms with Crippen LogP contribution in [-0.4, -0.2) is 38.5 Å². The number of carbonyl (C=O) groups is 3. The highest BCUT2D eigenvalue weighted by atomic mass is 16.5. The molecule has 0 aliphatic carbocycles. The maximum absolute atomic E-state index is 12.7. The van der Waals surface area contributed by atoms with E-state index < -0.39 is 5.92 Å². The van der Waals surface area contributed by atoms with E-state index in [-0.39, 0.29) is 30.7 Å². The zero-order valence-corrected chi connectivity index (χ0v) is 16.5. The summed E-state index contributed by atoms with van der Waals surface area (Å²) in [5.41, 5.74) is 1.66. The molecule has 2 aromatic rings. The van der Waals surface area contributed by atoms with Gasteiger partial charge in [0.1, 0.15) is 11.5 Å². The molecule has 0 aromatic heterocycles. The minimum Gasteiger partial charge on any atom is -0.497 e. The molecule has 2 N–H and O–H groups in total. The Morgan fingerprint density at radius 3 is 2.55 bits per heavy atom. The van der Waals surface area contributed by atoms with Crippen LogP contribution in [0.4, 0.5) is 17.1 Å². The van der Waals surface area contributed by atoms with Crippen LogP contribution in [0.15, 0.2) is 42.5 Å². The van der Waals surface area contributed by atoms with E-state index in [0.29, 0.717) is 28.6 Å². The summed E-state index contributed by atoms with van der Waals surface area (Å²) in [6.45, 7) is 1.68. The van der Waals surface area contributed by atoms with Gasteiger partial charge in [-0.3, -0.25) is 14.4 Å². The molecular formula is C21H23N3O5. The number of rotatable bonds is 6. The van der Waals surface area contributed by atoms with Crippen molar-refractivity contribution in [3.05, 3.63) is 42.5 Å². The molecule has 1 aliphatic heterocycles. The highest BCUT2D eigenvalue weighted by Crippen LogP contribution is 2.30. The van der Waals surface area contributed by atoms with Crippen LogP contribution in [0.5, 0.6) is 11.5 Å². The first-order chi connectivity index (χ1) is 13.9. The number of ether oxygens (including phenoxy) is 2. The summed E-state index contributed by atoms with van der Waals surface area (Å²) in [7, 11) is 3.06. The summed E-state index contributed by atoms with van der Waals surface area (Å²) in [5.74, 6) is 0.0160. The SMILES string of the molecule is COc1cccc(N2C[C@@H](C(=O)Nc3ccc(OC)c(NC(C)=O)c3)CC2=O)c1. The summed E-state index contributed by atoms with van der Waals surface area (Å²) in [5, 5.41) is 5.48. The lowest BCUT2D eigenvalue weighted by atomic mass is 10.1. The minimum absolute atomic E-state index is 0.118. The van der Waals surface area contributed by atoms with Crippen molar-refractivity contribution < 1.29 is 23.9 Å². The Morgan fingerprint density at radius 1 is 1.07 bits per heavy atom. The molecule has 0 unspecified atom stereocenters. The second-order valence-corrected chi connectivity index (χ2v) is 6.69. The topological polar surface area (TPSA) is 97.0 Å². The Balaban J connectivity index is 1.71. The van der Waals surface area contributed by atoms with Gasteiger partial charge in [0.25, 0.3) is 0 Å². The second-order valence-electron chi connectivity index (χ2n) is 6.69. The molecule has 0 spiro atoms. The van der Waals surface area contributed by atoms with Crippen molar-refractivity contribution in [1.29, 1.82) is 0 Å². The van der Waals surface area contributed by atoms with Crippen molar-refractivity contribution in [2.24, 2.45) is 5.92 Å². The van der Waals surface area contributed by atoms with Gasteiger partial charge in [0.2, 0.25) is 17.7 Å². The lowest BCUT2D eigenvalue weighted by Crippen LogP contribution is -2.28. The number of methoxy groups -OCH3 is 2. The summed E-state index contributed by atoms with van der Waals surface area (Å²) in [6, 6.07) is 12.1. The van der Waals surface area contributed by atoms with Gasteiger partial charge in [0, 0.05) is 37.3 Å². The van der Waals surface area contributed by atoms with E-state index in [1.807, 2.05) is 6.07 Å². The average Bonchev–Trinajstić information content (AvgIpc) is 3.09. The van der Waals surface area contributed by atoms with Gasteiger partial charge >= 0.3 is 0 Å². The number of nitrogens with one attached hydrogen (secondary N) is 2. The molecule has 0 bridgehead atoms. The second kappa shape index (κ2) is 8.64. The largest absolute Gasteiger partial charge is 0.497 e. The van der Waals surface area contributed by atoms with Gasteiger partial charge in [-0.1, -0.05) is 6.07 Å². The van der Waals surface area contributed by atoms with Crippen LogP contribution in [0.25, 0.3) is 0 Å². The molecule has 1 atom stereocenters. The quantitative estimate of drug-likeness (QED) is 0.781. The van der Waals surface area contributed by atoms with E-state index in [0.717, 1.165) is 0 Å². The van der Waals surface area contributed by atoms with Crippen LogP contribution in [0.1, 0.15) is 13.3 Å². The third-order valence-electron chi connectivity index (χ3n) is 4.64. The predicted octanol–water partition coefficient (Wildman–Crippen LogP) is 2.65. The lowest BCUT2D eigenvalue weighted by molar-refractivity contribution is -0.122. The molecule has 1 saturated heterocycles. The Bertz CT molecular complexity index is 944. The molecule has 3 rings (SSSR count). The van der Waals surface area contributed by atoms with Gasteiger partial charge in [0.15, 0.2) is 0 Å². The lowest BCUT2D eigenvalue weighted by Gasteiger charge is -2.17. The number of amides is 3. The Kier molecular flexibility index (Phi) is 6.01. The van der Waals surface area contributed by atoms with Gasteiger partial charge in [-0.15, -0.1) is 0 Å². The van der Waals surface area contributed by atoms with Gasteiger partial charge in [-0.25, -0.2) is 0 Å². The molecular weight excluding hydrogens is 374 g/mol. The minimum atomic E-state index is -0.486. The van der Waals surface area contributed by atoms with Crippen LogP contribution >= 0.6 is 0 Å². The average molecular weight is 397 g/mol. The molecule has 29 heavy (non-hydrogen) atoms. The van der Waals surface area contributed by atoms with E-state index >= 15 is 0 Å². The smallest absolute Gasteiger partial charge is 0.229 e. The van der Waals surface area contributed by atoms with Gasteiger partial charge in [0.05, 0.1) is 25.8 Å². The van der Waals surface area contributed by atoms with Crippen molar-refractivity contribution in [2.75, 3.05) is 36.3 Å². The third kappa shape index (κ3) is 4.66. The van der Waals surface area contributed by atoms with Crippen molar-refractivity contribution in [1.82, 2.24) is 0 Å². The number of nitrogens with zero attached hydrogens (tertiary/aromatic N) is 1. The monoisotopic (exact) mass is 397 g/mol. The first-order valence-electron chi connectivity index (χ1n) is 9.12. The van der Waals surface area contributed by atoms with Crippen molar-refractivity contribution in [3.8, 4) is 11.5 Å². The van der Waals surface area contributed by atoms with E-state index in [4.69, 9.17) is 9.47 Å². The summed E-state index contributed by atoms with van der Waals surface area (Å²) < 4.78 is 10.4. The van der Waals surface area contributed by atoms with Crippen LogP contribution < -0.4 is 25.0 Å². The number of carbonyl (C=O) groups excluding carboxylic acids is 3. The number of hydrogen-bond donors (Lipinski definition) is 2. The zero-order chi connectivity index (χ0) is 21.0. The standard InChI is InChI=1S/C21H23N3O5/c1-13(25)22-18-10-15(7-8-19(18)29-3)23-21(27)14-9-20(26)24(12-14)16-5-4-6-17(11-16)28-2/h4-8,10-11,14H,9,12H2,1-3H3,(H,22,25)(H,23,27)/t14-/m0/s1. The molecule has 0 radical (unpaired) electrons. The maximum atomic E-state index is 12.7. The summed E-state index contributed by atoms with van der Waals surface area (Å²) in [6.07, 6.45) is 0.123. The van der Waals surface area contributed by atoms with E-state index in [9.17, 15) is 14.4 Å². The van der Waals surface area contributed by atoms with Crippen molar-refractivity contribution in [2.45, 2.75) is 13.3 Å². The fraction of sp³-hybridized carbons (Fsp3) is 0.286. The number of anilines is 3. The maximum Gasteiger partial charge on any atom is 0.229 e. The molecule has 2 aromatic carbocycles. The molecule has 152 valence electrons. The fourth-order valence-electron chi connectivity index (χ4n) is 3.23. The van der Waals surface area contributed by atoms with Gasteiger partial charge < -0.3 is 25.0 Å². The number of hydrogen-bond acceptors (Lipinski definition) is 5. The van der Waals surface area contributed by atoms with Crippen molar-refractivity contribution >= 4 is 34.8 Å². The fourth-order valence-corrected chi connectivity index (χ4v) is 3.23. The third-order valence-corrected chi connectivity index (χ3v) is 4.64. The highest BCUT2D eigenvalue weighted by Gasteiger charge is 2.35. The van der Waals surface area contributed by atoms with Crippen molar-refractivity contribution in [3.63, 3.8) is 0 Å². The predicted molar refractivity (Wildman–Crippen MR) is 109 cm³/mol. The molecule has 8 heteroatoms. The molecule has 3 amide bonds. The summed E-state index contributed by atoms with van der Waals surface area (Å²) in [4.78, 5) is 38.1.